The van der Waals surface area contributed by atoms with Gasteiger partial charge in [-0.1, -0.05) is 0 Å². The third kappa shape index (κ3) is 3.47. The molecule has 6 heavy (non-hydrogen) atoms. The van der Waals surface area contributed by atoms with Crippen molar-refractivity contribution in [2.75, 3.05) is 6.61 Å². The Balaban J connectivity index is 2.66. The summed E-state index contributed by atoms with van der Waals surface area (Å²) < 4.78 is 15.3. The van der Waals surface area contributed by atoms with Crippen LogP contribution >= 0.6 is 0 Å². The van der Waals surface area contributed by atoms with Gasteiger partial charge in [0.2, 0.25) is 0 Å². The van der Waals surface area contributed by atoms with Gasteiger partial charge in [-0.05, 0) is 6.92 Å². The largest absolute Gasteiger partial charge is 0.499 e. The fraction of sp³-hybridized carbons (Fsp3) is 0.500. The molecule has 0 aliphatic heterocycles. The smallest absolute Gasteiger partial charge is 0.121 e. The molecule has 0 radical (unpaired) electrons. The van der Waals surface area contributed by atoms with Gasteiger partial charge < -0.3 is 4.74 Å². The average Bonchev–Trinajstić information content (AvgIpc) is 1.61. The lowest BCUT2D eigenvalue weighted by atomic mass is 10.9. The Morgan fingerprint density at radius 2 is 2.50 bits per heavy atom. The number of ether oxygens (including phenoxy) is 1. The van der Waals surface area contributed by atoms with Crippen molar-refractivity contribution in [1.82, 2.24) is 0 Å². The molecule has 0 saturated heterocycles. The van der Waals surface area contributed by atoms with Gasteiger partial charge in [0.05, 0.1) is 6.61 Å². The summed E-state index contributed by atoms with van der Waals surface area (Å²) in [5.41, 5.74) is 0. The number of rotatable bonds is 2. The molecule has 0 unspecified atom stereocenters. The van der Waals surface area contributed by atoms with E-state index < -0.39 is 0 Å². The number of hydrogen-bond donors (Lipinski definition) is 0. The van der Waals surface area contributed by atoms with Crippen LogP contribution in [0.3, 0.4) is 0 Å². The summed E-state index contributed by atoms with van der Waals surface area (Å²) in [6.45, 7) is 2.32. The molecule has 0 aromatic carbocycles. The molecule has 0 atom stereocenters. The quantitative estimate of drug-likeness (QED) is 0.466. The summed E-state index contributed by atoms with van der Waals surface area (Å²) in [5.74, 6) is 0. The Morgan fingerprint density at radius 3 is 2.67 bits per heavy atom. The molecule has 0 spiro atoms. The maximum absolute atomic E-state index is 10.9. The van der Waals surface area contributed by atoms with Crippen molar-refractivity contribution in [3.05, 3.63) is 12.6 Å². The average molecular weight is 90.1 g/mol. The summed E-state index contributed by atoms with van der Waals surface area (Å²) in [6, 6.07) is 0. The van der Waals surface area contributed by atoms with Gasteiger partial charge in [0.15, 0.2) is 0 Å². The topological polar surface area (TPSA) is 9.23 Å². The molecule has 2 heteroatoms. The normalized spacial score (nSPS) is 9.67. The molecular formula is C4H7FO. The van der Waals surface area contributed by atoms with Gasteiger partial charge in [-0.3, -0.25) is 0 Å². The SMILES string of the molecule is CCOC=CF. The highest BCUT2D eigenvalue weighted by Crippen LogP contribution is 1.74. The zero-order valence-electron chi connectivity index (χ0n) is 3.65. The lowest BCUT2D eigenvalue weighted by Gasteiger charge is -1.85. The first-order valence-corrected chi connectivity index (χ1v) is 1.78. The molecule has 1 nitrogen and oxygen atoms in total. The molecule has 0 bridgehead atoms. The Hall–Kier alpha value is -0.530. The molecule has 0 aliphatic carbocycles. The van der Waals surface area contributed by atoms with Gasteiger partial charge in [-0.2, -0.15) is 0 Å². The van der Waals surface area contributed by atoms with Crippen molar-refractivity contribution >= 4 is 0 Å². The van der Waals surface area contributed by atoms with Crippen LogP contribution in [0.2, 0.25) is 0 Å². The monoisotopic (exact) mass is 90.0 g/mol. The minimum Gasteiger partial charge on any atom is -0.499 e. The summed E-state index contributed by atoms with van der Waals surface area (Å²) in [4.78, 5) is 0. The van der Waals surface area contributed by atoms with Crippen LogP contribution in [-0.2, 0) is 4.74 Å². The highest BCUT2D eigenvalue weighted by Gasteiger charge is 1.62. The predicted molar refractivity (Wildman–Crippen MR) is 21.9 cm³/mol. The molecular weight excluding hydrogens is 83.0 g/mol. The molecule has 0 fully saturated rings. The standard InChI is InChI=1S/C4H7FO/c1-2-6-4-3-5/h3-4H,2H2,1H3. The zero-order valence-corrected chi connectivity index (χ0v) is 3.65. The Morgan fingerprint density at radius 1 is 1.83 bits per heavy atom. The van der Waals surface area contributed by atoms with Crippen LogP contribution in [0.15, 0.2) is 12.6 Å². The summed E-state index contributed by atoms with van der Waals surface area (Å²) in [5, 5.41) is 0. The molecule has 0 aromatic heterocycles. The number of halogens is 1. The van der Waals surface area contributed by atoms with E-state index in [1.54, 1.807) is 6.92 Å². The third-order valence-corrected chi connectivity index (χ3v) is 0.314. The molecule has 0 aromatic rings. The fourth-order valence-electron chi connectivity index (χ4n) is 0.133. The minimum atomic E-state index is 0.365. The molecule has 0 aliphatic rings. The van der Waals surface area contributed by atoms with Crippen LogP contribution in [-0.4, -0.2) is 6.61 Å². The van der Waals surface area contributed by atoms with Crippen molar-refractivity contribution in [3.8, 4) is 0 Å². The predicted octanol–water partition coefficient (Wildman–Crippen LogP) is 1.46. The van der Waals surface area contributed by atoms with E-state index in [0.717, 1.165) is 6.26 Å². The molecule has 0 heterocycles. The van der Waals surface area contributed by atoms with Gasteiger partial charge in [-0.15, -0.1) is 0 Å². The van der Waals surface area contributed by atoms with Crippen LogP contribution < -0.4 is 0 Å². The molecule has 0 amide bonds. The Kier molecular flexibility index (Phi) is 4.08. The van der Waals surface area contributed by atoms with Crippen molar-refractivity contribution in [3.63, 3.8) is 0 Å². The van der Waals surface area contributed by atoms with Crippen molar-refractivity contribution < 1.29 is 9.13 Å². The molecule has 0 rings (SSSR count). The fourth-order valence-corrected chi connectivity index (χ4v) is 0.133. The first-order chi connectivity index (χ1) is 2.91. The molecule has 36 valence electrons. The van der Waals surface area contributed by atoms with E-state index in [9.17, 15) is 4.39 Å². The van der Waals surface area contributed by atoms with E-state index in [4.69, 9.17) is 0 Å². The highest BCUT2D eigenvalue weighted by atomic mass is 19.1. The van der Waals surface area contributed by atoms with Crippen molar-refractivity contribution in [1.29, 1.82) is 0 Å². The van der Waals surface area contributed by atoms with Crippen molar-refractivity contribution in [2.24, 2.45) is 0 Å². The van der Waals surface area contributed by atoms with Crippen LogP contribution in [0, 0.1) is 0 Å². The maximum Gasteiger partial charge on any atom is 0.121 e. The third-order valence-electron chi connectivity index (χ3n) is 0.314. The minimum absolute atomic E-state index is 0.365. The summed E-state index contributed by atoms with van der Waals surface area (Å²) in [7, 11) is 0. The van der Waals surface area contributed by atoms with Crippen LogP contribution in [0.4, 0.5) is 4.39 Å². The maximum atomic E-state index is 10.9. The van der Waals surface area contributed by atoms with Gasteiger partial charge >= 0.3 is 0 Å². The molecule has 0 saturated carbocycles. The number of hydrogen-bond acceptors (Lipinski definition) is 1. The second-order valence-corrected chi connectivity index (χ2v) is 0.717. The first-order valence-electron chi connectivity index (χ1n) is 1.78. The first kappa shape index (κ1) is 5.47. The van der Waals surface area contributed by atoms with Crippen LogP contribution in [0.1, 0.15) is 6.92 Å². The van der Waals surface area contributed by atoms with Gasteiger partial charge in [0.25, 0.3) is 0 Å². The lowest BCUT2D eigenvalue weighted by molar-refractivity contribution is 0.264. The van der Waals surface area contributed by atoms with E-state index in [1.807, 2.05) is 0 Å². The zero-order chi connectivity index (χ0) is 4.83. The van der Waals surface area contributed by atoms with Gasteiger partial charge in [-0.25, -0.2) is 4.39 Å². The second-order valence-electron chi connectivity index (χ2n) is 0.717. The molecule has 0 N–H and O–H groups in total. The summed E-state index contributed by atoms with van der Waals surface area (Å²) in [6.07, 6.45) is 1.38. The van der Waals surface area contributed by atoms with Gasteiger partial charge in [0, 0.05) is 0 Å². The van der Waals surface area contributed by atoms with Crippen LogP contribution in [0.5, 0.6) is 0 Å². The Labute approximate surface area is 36.4 Å². The Bertz CT molecular complexity index is 42.8. The van der Waals surface area contributed by atoms with E-state index >= 15 is 0 Å². The van der Waals surface area contributed by atoms with Crippen LogP contribution in [0.25, 0.3) is 0 Å². The van der Waals surface area contributed by atoms with E-state index in [0.29, 0.717) is 12.9 Å². The van der Waals surface area contributed by atoms with Gasteiger partial charge in [0.1, 0.15) is 12.6 Å². The van der Waals surface area contributed by atoms with E-state index in [2.05, 4.69) is 4.74 Å². The second kappa shape index (κ2) is 4.47. The summed E-state index contributed by atoms with van der Waals surface area (Å²) >= 11 is 0. The van der Waals surface area contributed by atoms with E-state index in [1.165, 1.54) is 0 Å². The highest BCUT2D eigenvalue weighted by molar-refractivity contribution is 4.55. The lowest BCUT2D eigenvalue weighted by Crippen LogP contribution is -1.73. The van der Waals surface area contributed by atoms with Crippen molar-refractivity contribution in [2.45, 2.75) is 6.92 Å². The van der Waals surface area contributed by atoms with E-state index in [-0.39, 0.29) is 0 Å².